The Morgan fingerprint density at radius 3 is 2.84 bits per heavy atom. The first-order valence-electron chi connectivity index (χ1n) is 8.72. The highest BCUT2D eigenvalue weighted by Crippen LogP contribution is 2.48. The zero-order valence-corrected chi connectivity index (χ0v) is 12.9. The van der Waals surface area contributed by atoms with Crippen LogP contribution in [0.4, 0.5) is 0 Å². The van der Waals surface area contributed by atoms with E-state index in [1.165, 1.54) is 51.9 Å². The molecule has 5 unspecified atom stereocenters. The van der Waals surface area contributed by atoms with Gasteiger partial charge < -0.3 is 10.2 Å². The number of rotatable bonds is 4. The Kier molecular flexibility index (Phi) is 4.48. The van der Waals surface area contributed by atoms with Crippen molar-refractivity contribution in [2.75, 3.05) is 26.2 Å². The van der Waals surface area contributed by atoms with Crippen molar-refractivity contribution >= 4 is 0 Å². The van der Waals surface area contributed by atoms with Crippen molar-refractivity contribution in [1.82, 2.24) is 10.2 Å². The van der Waals surface area contributed by atoms with Crippen LogP contribution in [-0.4, -0.2) is 37.1 Å². The van der Waals surface area contributed by atoms with Crippen molar-refractivity contribution in [3.8, 4) is 0 Å². The Bertz CT molecular complexity index is 291. The summed E-state index contributed by atoms with van der Waals surface area (Å²) in [5.74, 6) is 4.05. The zero-order valence-electron chi connectivity index (χ0n) is 12.9. The van der Waals surface area contributed by atoms with Crippen LogP contribution in [0.15, 0.2) is 0 Å². The monoisotopic (exact) mass is 264 g/mol. The molecule has 2 nitrogen and oxygen atoms in total. The summed E-state index contributed by atoms with van der Waals surface area (Å²) in [6, 6.07) is 0.728. The molecule has 2 heteroatoms. The van der Waals surface area contributed by atoms with E-state index in [1.54, 1.807) is 12.8 Å². The summed E-state index contributed by atoms with van der Waals surface area (Å²) in [5.41, 5.74) is 0. The smallest absolute Gasteiger partial charge is 0.0220 e. The predicted molar refractivity (Wildman–Crippen MR) is 81.2 cm³/mol. The van der Waals surface area contributed by atoms with Gasteiger partial charge in [-0.05, 0) is 62.4 Å². The minimum atomic E-state index is 0.728. The van der Waals surface area contributed by atoms with Crippen LogP contribution >= 0.6 is 0 Å². The number of hydrogen-bond acceptors (Lipinski definition) is 2. The molecule has 2 bridgehead atoms. The molecule has 5 atom stereocenters. The minimum Gasteiger partial charge on any atom is -0.312 e. The van der Waals surface area contributed by atoms with Gasteiger partial charge in [-0.25, -0.2) is 0 Å². The highest BCUT2D eigenvalue weighted by atomic mass is 15.2. The summed E-state index contributed by atoms with van der Waals surface area (Å²) in [4.78, 5) is 2.79. The maximum atomic E-state index is 3.78. The largest absolute Gasteiger partial charge is 0.312 e. The molecule has 110 valence electrons. The van der Waals surface area contributed by atoms with Gasteiger partial charge in [-0.1, -0.05) is 26.7 Å². The third-order valence-corrected chi connectivity index (χ3v) is 6.22. The van der Waals surface area contributed by atoms with E-state index in [2.05, 4.69) is 24.1 Å². The number of hydrogen-bond donors (Lipinski definition) is 1. The molecule has 1 heterocycles. The lowest BCUT2D eigenvalue weighted by Gasteiger charge is -2.32. The molecule has 1 saturated heterocycles. The Morgan fingerprint density at radius 2 is 2.16 bits per heavy atom. The molecule has 0 aromatic carbocycles. The minimum absolute atomic E-state index is 0.728. The van der Waals surface area contributed by atoms with Crippen molar-refractivity contribution in [3.63, 3.8) is 0 Å². The maximum absolute atomic E-state index is 3.78. The standard InChI is InChI=1S/C17H32N2/c1-3-13(2)17-12-19(8-4-7-18-17)11-16-10-14-5-6-15(16)9-14/h13-18H,3-12H2,1-2H3. The third-order valence-electron chi connectivity index (χ3n) is 6.22. The summed E-state index contributed by atoms with van der Waals surface area (Å²) in [7, 11) is 0. The van der Waals surface area contributed by atoms with Crippen LogP contribution < -0.4 is 5.32 Å². The molecule has 3 fully saturated rings. The Hall–Kier alpha value is -0.0800. The molecular weight excluding hydrogens is 232 g/mol. The van der Waals surface area contributed by atoms with E-state index in [0.717, 1.165) is 29.7 Å². The van der Waals surface area contributed by atoms with Gasteiger partial charge in [0.15, 0.2) is 0 Å². The lowest BCUT2D eigenvalue weighted by molar-refractivity contribution is 0.175. The van der Waals surface area contributed by atoms with Crippen LogP contribution in [0.2, 0.25) is 0 Å². The maximum Gasteiger partial charge on any atom is 0.0220 e. The zero-order chi connectivity index (χ0) is 13.2. The van der Waals surface area contributed by atoms with E-state index in [9.17, 15) is 0 Å². The first-order chi connectivity index (χ1) is 9.26. The molecule has 0 amide bonds. The first kappa shape index (κ1) is 13.9. The average Bonchev–Trinajstić information content (AvgIpc) is 2.95. The summed E-state index contributed by atoms with van der Waals surface area (Å²) >= 11 is 0. The SMILES string of the molecule is CCC(C)C1CN(CC2CC3CCC2C3)CCCN1. The summed E-state index contributed by atoms with van der Waals surface area (Å²) in [6.07, 6.45) is 8.83. The Labute approximate surface area is 119 Å². The molecule has 3 rings (SSSR count). The van der Waals surface area contributed by atoms with E-state index in [4.69, 9.17) is 0 Å². The molecule has 2 saturated carbocycles. The second-order valence-corrected chi connectivity index (χ2v) is 7.49. The highest BCUT2D eigenvalue weighted by Gasteiger charge is 2.40. The molecule has 0 aromatic rings. The van der Waals surface area contributed by atoms with Crippen LogP contribution in [0.1, 0.15) is 52.4 Å². The van der Waals surface area contributed by atoms with Gasteiger partial charge >= 0.3 is 0 Å². The van der Waals surface area contributed by atoms with Crippen molar-refractivity contribution in [1.29, 1.82) is 0 Å². The normalized spacial score (nSPS) is 41.4. The van der Waals surface area contributed by atoms with Crippen molar-refractivity contribution in [2.45, 2.75) is 58.4 Å². The van der Waals surface area contributed by atoms with Crippen molar-refractivity contribution in [2.24, 2.45) is 23.7 Å². The summed E-state index contributed by atoms with van der Waals surface area (Å²) < 4.78 is 0. The van der Waals surface area contributed by atoms with E-state index in [-0.39, 0.29) is 0 Å². The quantitative estimate of drug-likeness (QED) is 0.839. The molecule has 0 radical (unpaired) electrons. The summed E-state index contributed by atoms with van der Waals surface area (Å²) in [5, 5.41) is 3.78. The second kappa shape index (κ2) is 6.13. The van der Waals surface area contributed by atoms with Gasteiger partial charge in [0.1, 0.15) is 0 Å². The molecule has 2 aliphatic carbocycles. The van der Waals surface area contributed by atoms with Crippen LogP contribution in [0.3, 0.4) is 0 Å². The third kappa shape index (κ3) is 3.16. The molecule has 3 aliphatic rings. The fourth-order valence-corrected chi connectivity index (χ4v) is 4.79. The van der Waals surface area contributed by atoms with Gasteiger partial charge in [0.05, 0.1) is 0 Å². The van der Waals surface area contributed by atoms with Crippen LogP contribution in [0, 0.1) is 23.7 Å². The Morgan fingerprint density at radius 1 is 1.26 bits per heavy atom. The number of nitrogens with zero attached hydrogens (tertiary/aromatic N) is 1. The first-order valence-corrected chi connectivity index (χ1v) is 8.72. The van der Waals surface area contributed by atoms with Gasteiger partial charge in [0, 0.05) is 19.1 Å². The van der Waals surface area contributed by atoms with Gasteiger partial charge in [0.2, 0.25) is 0 Å². The average molecular weight is 264 g/mol. The molecule has 0 aromatic heterocycles. The lowest BCUT2D eigenvalue weighted by atomic mass is 9.88. The van der Waals surface area contributed by atoms with Crippen molar-refractivity contribution in [3.05, 3.63) is 0 Å². The van der Waals surface area contributed by atoms with E-state index < -0.39 is 0 Å². The number of fused-ring (bicyclic) bond motifs is 2. The van der Waals surface area contributed by atoms with Crippen molar-refractivity contribution < 1.29 is 0 Å². The molecule has 1 N–H and O–H groups in total. The van der Waals surface area contributed by atoms with Crippen LogP contribution in [-0.2, 0) is 0 Å². The molecule has 1 aliphatic heterocycles. The molecule has 0 spiro atoms. The van der Waals surface area contributed by atoms with Gasteiger partial charge in [-0.2, -0.15) is 0 Å². The second-order valence-electron chi connectivity index (χ2n) is 7.49. The lowest BCUT2D eigenvalue weighted by Crippen LogP contribution is -2.43. The van der Waals surface area contributed by atoms with Gasteiger partial charge in [0.25, 0.3) is 0 Å². The van der Waals surface area contributed by atoms with Crippen LogP contribution in [0.25, 0.3) is 0 Å². The fraction of sp³-hybridized carbons (Fsp3) is 1.00. The van der Waals surface area contributed by atoms with Gasteiger partial charge in [-0.3, -0.25) is 0 Å². The van der Waals surface area contributed by atoms with E-state index in [1.807, 2.05) is 0 Å². The fourth-order valence-electron chi connectivity index (χ4n) is 4.79. The van der Waals surface area contributed by atoms with E-state index >= 15 is 0 Å². The number of nitrogens with one attached hydrogen (secondary N) is 1. The molecular formula is C17H32N2. The topological polar surface area (TPSA) is 15.3 Å². The molecule has 19 heavy (non-hydrogen) atoms. The summed E-state index contributed by atoms with van der Waals surface area (Å²) in [6.45, 7) is 9.99. The van der Waals surface area contributed by atoms with Crippen LogP contribution in [0.5, 0.6) is 0 Å². The highest BCUT2D eigenvalue weighted by molar-refractivity contribution is 4.92. The Balaban J connectivity index is 1.54. The van der Waals surface area contributed by atoms with E-state index in [0.29, 0.717) is 0 Å². The van der Waals surface area contributed by atoms with Gasteiger partial charge in [-0.15, -0.1) is 0 Å². The predicted octanol–water partition coefficient (Wildman–Crippen LogP) is 3.13.